The molecule has 1 aromatic heterocycles. The molecule has 0 radical (unpaired) electrons. The lowest BCUT2D eigenvalue weighted by atomic mass is 10.1. The maximum atomic E-state index is 12.7. The van der Waals surface area contributed by atoms with Gasteiger partial charge in [0.15, 0.2) is 11.5 Å². The maximum Gasteiger partial charge on any atom is 0.321 e. The van der Waals surface area contributed by atoms with Crippen molar-refractivity contribution in [2.45, 2.75) is 50.6 Å². The van der Waals surface area contributed by atoms with Gasteiger partial charge in [-0.1, -0.05) is 31.0 Å². The summed E-state index contributed by atoms with van der Waals surface area (Å²) in [5, 5.41) is 6.50. The van der Waals surface area contributed by atoms with Crippen molar-refractivity contribution in [2.75, 3.05) is 35.3 Å². The Kier molecular flexibility index (Phi) is 6.72. The van der Waals surface area contributed by atoms with Crippen molar-refractivity contribution in [3.63, 3.8) is 0 Å². The van der Waals surface area contributed by atoms with Gasteiger partial charge in [0.1, 0.15) is 5.82 Å². The molecule has 2 aromatic rings. The lowest BCUT2D eigenvalue weighted by molar-refractivity contribution is 0.0996. The molecule has 1 aliphatic heterocycles. The largest absolute Gasteiger partial charge is 0.365 e. The Hall–Kier alpha value is -3.36. The molecule has 1 unspecified atom stereocenters. The zero-order valence-corrected chi connectivity index (χ0v) is 18.5. The first-order chi connectivity index (χ1) is 15.5. The zero-order valence-electron chi connectivity index (χ0n) is 18.5. The number of para-hydroxylation sites is 1. The van der Waals surface area contributed by atoms with Crippen molar-refractivity contribution in [3.8, 4) is 0 Å². The summed E-state index contributed by atoms with van der Waals surface area (Å²) in [4.78, 5) is 37.3. The molecule has 32 heavy (non-hydrogen) atoms. The number of carbonyl (C=O) groups excluding carboxylic acids is 2. The highest BCUT2D eigenvalue weighted by Crippen LogP contribution is 2.25. The van der Waals surface area contributed by atoms with Crippen LogP contribution in [0.2, 0.25) is 0 Å². The molecular weight excluding hydrogens is 406 g/mol. The van der Waals surface area contributed by atoms with E-state index in [9.17, 15) is 9.59 Å². The van der Waals surface area contributed by atoms with Gasteiger partial charge in [-0.15, -0.1) is 0 Å². The number of nitrogens with two attached hydrogens (primary N) is 1. The highest BCUT2D eigenvalue weighted by Gasteiger charge is 2.26. The van der Waals surface area contributed by atoms with Crippen LogP contribution in [0, 0.1) is 0 Å². The highest BCUT2D eigenvalue weighted by atomic mass is 16.2. The molecule has 4 rings (SSSR count). The van der Waals surface area contributed by atoms with Crippen LogP contribution in [0.15, 0.2) is 36.5 Å². The van der Waals surface area contributed by atoms with Crippen LogP contribution in [-0.4, -0.2) is 54.1 Å². The predicted molar refractivity (Wildman–Crippen MR) is 125 cm³/mol. The molecule has 2 aliphatic rings. The number of rotatable bonds is 6. The molecule has 1 aromatic carbocycles. The summed E-state index contributed by atoms with van der Waals surface area (Å²) in [6.07, 6.45) is 7.85. The number of nitrogens with one attached hydrogen (secondary N) is 2. The molecule has 1 atom stereocenters. The van der Waals surface area contributed by atoms with Gasteiger partial charge in [-0.3, -0.25) is 9.69 Å². The van der Waals surface area contributed by atoms with E-state index in [4.69, 9.17) is 10.7 Å². The summed E-state index contributed by atoms with van der Waals surface area (Å²) >= 11 is 0. The quantitative estimate of drug-likeness (QED) is 0.640. The number of hydrogen-bond donors (Lipinski definition) is 3. The summed E-state index contributed by atoms with van der Waals surface area (Å²) in [6.45, 7) is 1.44. The number of carbonyl (C=O) groups is 2. The van der Waals surface area contributed by atoms with Gasteiger partial charge >= 0.3 is 6.03 Å². The molecule has 3 amide bonds. The van der Waals surface area contributed by atoms with Crippen LogP contribution in [0.25, 0.3) is 0 Å². The van der Waals surface area contributed by atoms with Gasteiger partial charge in [0.2, 0.25) is 0 Å². The number of amides is 3. The van der Waals surface area contributed by atoms with E-state index in [0.29, 0.717) is 24.2 Å². The second-order valence-electron chi connectivity index (χ2n) is 8.54. The normalized spacial score (nSPS) is 18.9. The number of anilines is 3. The summed E-state index contributed by atoms with van der Waals surface area (Å²) in [5.74, 6) is 0.556. The minimum Gasteiger partial charge on any atom is -0.365 e. The Balaban J connectivity index is 1.44. The van der Waals surface area contributed by atoms with Crippen LogP contribution in [0.5, 0.6) is 0 Å². The Labute approximate surface area is 188 Å². The Morgan fingerprint density at radius 1 is 1.09 bits per heavy atom. The van der Waals surface area contributed by atoms with E-state index < -0.39 is 5.91 Å². The molecule has 0 spiro atoms. The van der Waals surface area contributed by atoms with Gasteiger partial charge in [-0.2, -0.15) is 0 Å². The molecule has 2 fully saturated rings. The molecular formula is C23H31N7O2. The van der Waals surface area contributed by atoms with E-state index in [-0.39, 0.29) is 17.8 Å². The van der Waals surface area contributed by atoms with Crippen LogP contribution < -0.4 is 26.2 Å². The van der Waals surface area contributed by atoms with Gasteiger partial charge in [-0.25, -0.2) is 14.8 Å². The fraction of sp³-hybridized carbons (Fsp3) is 0.478. The minimum atomic E-state index is -0.586. The summed E-state index contributed by atoms with van der Waals surface area (Å²) in [6, 6.07) is 9.70. The number of primary amides is 1. The predicted octanol–water partition coefficient (Wildman–Crippen LogP) is 2.74. The molecule has 9 heteroatoms. The van der Waals surface area contributed by atoms with E-state index in [1.807, 2.05) is 30.3 Å². The van der Waals surface area contributed by atoms with E-state index in [1.54, 1.807) is 18.1 Å². The fourth-order valence-corrected chi connectivity index (χ4v) is 4.42. The first kappa shape index (κ1) is 21.9. The lowest BCUT2D eigenvalue weighted by Crippen LogP contribution is -2.51. The van der Waals surface area contributed by atoms with Crippen LogP contribution in [0.4, 0.5) is 22.1 Å². The number of urea groups is 1. The van der Waals surface area contributed by atoms with Gasteiger partial charge in [0, 0.05) is 37.9 Å². The maximum absolute atomic E-state index is 12.7. The van der Waals surface area contributed by atoms with Crippen molar-refractivity contribution in [1.29, 1.82) is 0 Å². The topological polar surface area (TPSA) is 116 Å². The van der Waals surface area contributed by atoms with Gasteiger partial charge in [0.25, 0.3) is 5.91 Å². The second-order valence-corrected chi connectivity index (χ2v) is 8.54. The van der Waals surface area contributed by atoms with Gasteiger partial charge in [-0.05, 0) is 37.8 Å². The number of hydrogen-bond acceptors (Lipinski definition) is 6. The molecule has 1 saturated carbocycles. The molecule has 2 heterocycles. The van der Waals surface area contributed by atoms with Crippen molar-refractivity contribution in [1.82, 2.24) is 15.3 Å². The van der Waals surface area contributed by atoms with Crippen molar-refractivity contribution >= 4 is 29.3 Å². The molecule has 1 aliphatic carbocycles. The van der Waals surface area contributed by atoms with E-state index in [0.717, 1.165) is 37.9 Å². The van der Waals surface area contributed by atoms with Crippen molar-refractivity contribution < 1.29 is 9.59 Å². The monoisotopic (exact) mass is 437 g/mol. The molecule has 4 N–H and O–H groups in total. The third-order valence-electron chi connectivity index (χ3n) is 6.21. The third kappa shape index (κ3) is 5.09. The minimum absolute atomic E-state index is 0.00808. The first-order valence-corrected chi connectivity index (χ1v) is 11.3. The number of aromatic nitrogens is 2. The highest BCUT2D eigenvalue weighted by molar-refractivity contribution is 5.95. The SMILES string of the molecule is CN(C(=O)NC1CCCN(c2cnc(C(N)=O)c(NC3CCCC3)n2)C1)c1ccccc1. The van der Waals surface area contributed by atoms with Crippen LogP contribution in [-0.2, 0) is 0 Å². The van der Waals surface area contributed by atoms with E-state index in [2.05, 4.69) is 20.5 Å². The summed E-state index contributed by atoms with van der Waals surface area (Å²) < 4.78 is 0. The summed E-state index contributed by atoms with van der Waals surface area (Å²) in [7, 11) is 1.76. The average molecular weight is 438 g/mol. The van der Waals surface area contributed by atoms with Gasteiger partial charge < -0.3 is 21.3 Å². The smallest absolute Gasteiger partial charge is 0.321 e. The average Bonchev–Trinajstić information content (AvgIpc) is 3.32. The van der Waals surface area contributed by atoms with Crippen LogP contribution in [0.1, 0.15) is 49.0 Å². The summed E-state index contributed by atoms with van der Waals surface area (Å²) in [5.41, 5.74) is 6.54. The Morgan fingerprint density at radius 2 is 1.81 bits per heavy atom. The second kappa shape index (κ2) is 9.84. The number of benzene rings is 1. The molecule has 0 bridgehead atoms. The number of nitrogens with zero attached hydrogens (tertiary/aromatic N) is 4. The van der Waals surface area contributed by atoms with Crippen LogP contribution in [0.3, 0.4) is 0 Å². The van der Waals surface area contributed by atoms with E-state index in [1.165, 1.54) is 12.8 Å². The molecule has 1 saturated heterocycles. The van der Waals surface area contributed by atoms with Crippen LogP contribution >= 0.6 is 0 Å². The first-order valence-electron chi connectivity index (χ1n) is 11.3. The number of piperidine rings is 1. The lowest BCUT2D eigenvalue weighted by Gasteiger charge is -2.35. The Bertz CT molecular complexity index is 947. The van der Waals surface area contributed by atoms with E-state index >= 15 is 0 Å². The fourth-order valence-electron chi connectivity index (χ4n) is 4.42. The van der Waals surface area contributed by atoms with Gasteiger partial charge in [0.05, 0.1) is 6.20 Å². The third-order valence-corrected chi connectivity index (χ3v) is 6.21. The van der Waals surface area contributed by atoms with Crippen molar-refractivity contribution in [3.05, 3.63) is 42.2 Å². The standard InChI is InChI=1S/C23H31N7O2/c1-29(18-11-3-2-4-12-18)23(32)27-17-10-7-13-30(15-17)19-14-25-20(21(24)31)22(28-19)26-16-8-5-6-9-16/h2-4,11-12,14,16-17H,5-10,13,15H2,1H3,(H2,24,31)(H,26,28)(H,27,32). The molecule has 9 nitrogen and oxygen atoms in total. The van der Waals surface area contributed by atoms with Crippen molar-refractivity contribution in [2.24, 2.45) is 5.73 Å². The zero-order chi connectivity index (χ0) is 22.5. The molecule has 170 valence electrons. The Morgan fingerprint density at radius 3 is 2.53 bits per heavy atom.